The van der Waals surface area contributed by atoms with Crippen molar-refractivity contribution in [3.05, 3.63) is 59.8 Å². The van der Waals surface area contributed by atoms with Gasteiger partial charge in [-0.3, -0.25) is 10.2 Å². The summed E-state index contributed by atoms with van der Waals surface area (Å²) in [5, 5.41) is 12.7. The normalized spacial score (nSPS) is 11.3. The molecule has 0 aliphatic rings. The summed E-state index contributed by atoms with van der Waals surface area (Å²) in [4.78, 5) is 24.6. The molecule has 3 N–H and O–H groups in total. The number of anilines is 1. The van der Waals surface area contributed by atoms with Crippen LogP contribution in [0.5, 0.6) is 0 Å². The van der Waals surface area contributed by atoms with Gasteiger partial charge < -0.3 is 14.7 Å². The van der Waals surface area contributed by atoms with Crippen molar-refractivity contribution in [1.82, 2.24) is 19.9 Å². The molecule has 0 saturated carbocycles. The monoisotopic (exact) mass is 420 g/mol. The molecule has 3 rings (SSSR count). The van der Waals surface area contributed by atoms with Gasteiger partial charge in [0, 0.05) is 29.3 Å². The second-order valence-corrected chi connectivity index (χ2v) is 7.40. The zero-order valence-electron chi connectivity index (χ0n) is 17.9. The minimum atomic E-state index is -0.465. The minimum absolute atomic E-state index is 0.265. The molecular formula is C23H28N6O2. The molecule has 0 radical (unpaired) electrons. The highest BCUT2D eigenvalue weighted by Crippen LogP contribution is 2.23. The highest BCUT2D eigenvalue weighted by molar-refractivity contribution is 5.91. The number of carbonyl (C=O) groups is 1. The fraction of sp³-hybridized carbons (Fsp3) is 0.348. The van der Waals surface area contributed by atoms with E-state index < -0.39 is 6.09 Å². The van der Waals surface area contributed by atoms with Crippen LogP contribution in [0, 0.1) is 11.3 Å². The van der Waals surface area contributed by atoms with E-state index in [-0.39, 0.29) is 6.61 Å². The fourth-order valence-electron chi connectivity index (χ4n) is 3.24. The lowest BCUT2D eigenvalue weighted by Crippen LogP contribution is -2.21. The van der Waals surface area contributed by atoms with Gasteiger partial charge in [0.25, 0.3) is 0 Å². The molecule has 0 spiro atoms. The van der Waals surface area contributed by atoms with Crippen LogP contribution in [-0.2, 0) is 17.7 Å². The van der Waals surface area contributed by atoms with Gasteiger partial charge in [-0.2, -0.15) is 5.26 Å². The van der Waals surface area contributed by atoms with E-state index in [1.54, 1.807) is 6.20 Å². The first-order chi connectivity index (χ1) is 15.1. The summed E-state index contributed by atoms with van der Waals surface area (Å²) < 4.78 is 5.18. The van der Waals surface area contributed by atoms with Crippen molar-refractivity contribution in [1.29, 1.82) is 5.26 Å². The van der Waals surface area contributed by atoms with Crippen molar-refractivity contribution in [2.75, 3.05) is 25.5 Å². The molecule has 0 bridgehead atoms. The van der Waals surface area contributed by atoms with Gasteiger partial charge in [-0.05, 0) is 43.7 Å². The molecule has 162 valence electrons. The van der Waals surface area contributed by atoms with Gasteiger partial charge in [0.05, 0.1) is 12.7 Å². The van der Waals surface area contributed by atoms with Crippen molar-refractivity contribution >= 4 is 22.7 Å². The number of nitriles is 1. The van der Waals surface area contributed by atoms with Crippen LogP contribution in [0.3, 0.4) is 0 Å². The van der Waals surface area contributed by atoms with Gasteiger partial charge >= 0.3 is 6.09 Å². The minimum Gasteiger partial charge on any atom is -0.445 e. The Bertz CT molecular complexity index is 1080. The Labute approximate surface area is 181 Å². The SMILES string of the molecule is CCCC=CCOC(=O)Nc1ccc2[nH]cc(CCN(C)Cc3ncc(C#N)[nH]3)c2c1. The van der Waals surface area contributed by atoms with Gasteiger partial charge in [-0.1, -0.05) is 25.5 Å². The van der Waals surface area contributed by atoms with Crippen LogP contribution in [0.1, 0.15) is 36.8 Å². The van der Waals surface area contributed by atoms with Crippen molar-refractivity contribution in [3.8, 4) is 6.07 Å². The van der Waals surface area contributed by atoms with Gasteiger partial charge in [0.15, 0.2) is 0 Å². The number of amides is 1. The molecule has 0 aliphatic carbocycles. The van der Waals surface area contributed by atoms with E-state index >= 15 is 0 Å². The van der Waals surface area contributed by atoms with Crippen LogP contribution in [0.15, 0.2) is 42.7 Å². The summed E-state index contributed by atoms with van der Waals surface area (Å²) in [6.07, 6.45) is 9.83. The van der Waals surface area contributed by atoms with Crippen LogP contribution >= 0.6 is 0 Å². The number of carbonyl (C=O) groups excluding carboxylic acids is 1. The zero-order chi connectivity index (χ0) is 22.1. The molecule has 0 unspecified atom stereocenters. The molecule has 1 amide bonds. The number of allylic oxidation sites excluding steroid dienone is 1. The van der Waals surface area contributed by atoms with Crippen molar-refractivity contribution in [2.24, 2.45) is 0 Å². The summed E-state index contributed by atoms with van der Waals surface area (Å²) in [7, 11) is 2.02. The van der Waals surface area contributed by atoms with Crippen LogP contribution in [0.2, 0.25) is 0 Å². The number of H-pyrrole nitrogens is 2. The summed E-state index contributed by atoms with van der Waals surface area (Å²) >= 11 is 0. The van der Waals surface area contributed by atoms with Crippen molar-refractivity contribution < 1.29 is 9.53 Å². The average molecular weight is 421 g/mol. The zero-order valence-corrected chi connectivity index (χ0v) is 17.9. The highest BCUT2D eigenvalue weighted by Gasteiger charge is 2.10. The maximum Gasteiger partial charge on any atom is 0.411 e. The summed E-state index contributed by atoms with van der Waals surface area (Å²) in [6.45, 7) is 3.82. The first-order valence-electron chi connectivity index (χ1n) is 10.4. The number of aromatic amines is 2. The number of likely N-dealkylation sites (N-methyl/N-ethyl adjacent to an activating group) is 1. The van der Waals surface area contributed by atoms with E-state index in [1.165, 1.54) is 5.56 Å². The van der Waals surface area contributed by atoms with E-state index in [1.807, 2.05) is 43.6 Å². The molecule has 8 nitrogen and oxygen atoms in total. The van der Waals surface area contributed by atoms with Gasteiger partial charge in [0.1, 0.15) is 24.2 Å². The summed E-state index contributed by atoms with van der Waals surface area (Å²) in [5.41, 5.74) is 3.35. The lowest BCUT2D eigenvalue weighted by molar-refractivity contribution is 0.174. The Hall–Kier alpha value is -3.57. The number of unbranched alkanes of at least 4 members (excludes halogenated alkanes) is 1. The van der Waals surface area contributed by atoms with Crippen LogP contribution < -0.4 is 5.32 Å². The number of fused-ring (bicyclic) bond motifs is 1. The molecule has 0 fully saturated rings. The van der Waals surface area contributed by atoms with Crippen LogP contribution in [-0.4, -0.2) is 46.1 Å². The quantitative estimate of drug-likeness (QED) is 0.423. The lowest BCUT2D eigenvalue weighted by Gasteiger charge is -2.14. The number of hydrogen-bond donors (Lipinski definition) is 3. The van der Waals surface area contributed by atoms with Crippen LogP contribution in [0.4, 0.5) is 10.5 Å². The topological polar surface area (TPSA) is 110 Å². The fourth-order valence-corrected chi connectivity index (χ4v) is 3.24. The van der Waals surface area contributed by atoms with Gasteiger partial charge in [0.2, 0.25) is 0 Å². The Balaban J connectivity index is 1.55. The molecule has 0 atom stereocenters. The predicted molar refractivity (Wildman–Crippen MR) is 121 cm³/mol. The number of nitrogens with zero attached hydrogens (tertiary/aromatic N) is 3. The molecular weight excluding hydrogens is 392 g/mol. The van der Waals surface area contributed by atoms with E-state index in [4.69, 9.17) is 10.00 Å². The smallest absolute Gasteiger partial charge is 0.411 e. The van der Waals surface area contributed by atoms with E-state index in [0.29, 0.717) is 17.9 Å². The molecule has 2 aromatic heterocycles. The Morgan fingerprint density at radius 2 is 2.26 bits per heavy atom. The standard InChI is InChI=1S/C23H28N6O2/c1-3-4-5-6-11-31-23(30)28-18-7-8-21-20(12-18)17(14-25-21)9-10-29(2)16-22-26-15-19(13-24)27-22/h5-8,12,14-15,25H,3-4,9-11,16H2,1-2H3,(H,26,27)(H,28,30). The Morgan fingerprint density at radius 1 is 1.39 bits per heavy atom. The third-order valence-corrected chi connectivity index (χ3v) is 4.88. The van der Waals surface area contributed by atoms with E-state index in [2.05, 4.69) is 38.2 Å². The number of hydrogen-bond acceptors (Lipinski definition) is 5. The summed E-state index contributed by atoms with van der Waals surface area (Å²) in [6, 6.07) is 7.81. The van der Waals surface area contributed by atoms with E-state index in [9.17, 15) is 4.79 Å². The van der Waals surface area contributed by atoms with Crippen LogP contribution in [0.25, 0.3) is 10.9 Å². The van der Waals surface area contributed by atoms with E-state index in [0.717, 1.165) is 42.5 Å². The Kier molecular flexibility index (Phi) is 7.85. The lowest BCUT2D eigenvalue weighted by atomic mass is 10.1. The average Bonchev–Trinajstić information content (AvgIpc) is 3.38. The first kappa shape index (κ1) is 22.1. The maximum absolute atomic E-state index is 12.0. The molecule has 1 aromatic carbocycles. The number of aromatic nitrogens is 3. The molecule has 0 saturated heterocycles. The number of ether oxygens (including phenoxy) is 1. The van der Waals surface area contributed by atoms with Crippen molar-refractivity contribution in [2.45, 2.75) is 32.7 Å². The number of nitrogens with one attached hydrogen (secondary N) is 3. The largest absolute Gasteiger partial charge is 0.445 e. The number of rotatable bonds is 10. The summed E-state index contributed by atoms with van der Waals surface area (Å²) in [5.74, 6) is 0.771. The van der Waals surface area contributed by atoms with Crippen molar-refractivity contribution in [3.63, 3.8) is 0 Å². The Morgan fingerprint density at radius 3 is 3.03 bits per heavy atom. The third-order valence-electron chi connectivity index (χ3n) is 4.88. The molecule has 31 heavy (non-hydrogen) atoms. The second kappa shape index (κ2) is 11.0. The van der Waals surface area contributed by atoms with Gasteiger partial charge in [-0.15, -0.1) is 0 Å². The molecule has 2 heterocycles. The third kappa shape index (κ3) is 6.46. The predicted octanol–water partition coefficient (Wildman–Crippen LogP) is 4.34. The molecule has 8 heteroatoms. The second-order valence-electron chi connectivity index (χ2n) is 7.40. The first-order valence-corrected chi connectivity index (χ1v) is 10.4. The maximum atomic E-state index is 12.0. The molecule has 0 aliphatic heterocycles. The molecule has 3 aromatic rings. The number of imidazole rings is 1. The number of benzene rings is 1. The van der Waals surface area contributed by atoms with Gasteiger partial charge in [-0.25, -0.2) is 9.78 Å². The highest BCUT2D eigenvalue weighted by atomic mass is 16.5.